The molecular weight excluding hydrogens is 798 g/mol. The van der Waals surface area contributed by atoms with E-state index in [4.69, 9.17) is 21.1 Å². The number of piperazine rings is 1. The molecule has 2 aromatic heterocycles. The lowest BCUT2D eigenvalue weighted by atomic mass is 9.72. The minimum absolute atomic E-state index is 0.0476. The fourth-order valence-corrected chi connectivity index (χ4v) is 9.86. The summed E-state index contributed by atoms with van der Waals surface area (Å²) in [6, 6.07) is 21.8. The van der Waals surface area contributed by atoms with Crippen LogP contribution >= 0.6 is 11.6 Å². The first-order chi connectivity index (χ1) is 28.8. The highest BCUT2D eigenvalue weighted by atomic mass is 35.5. The molecule has 0 bridgehead atoms. The molecule has 316 valence electrons. The Morgan fingerprint density at radius 2 is 1.73 bits per heavy atom. The molecule has 1 saturated carbocycles. The fraction of sp³-hybridized carbons (Fsp3) is 0.404. The number of hydrogen-bond donors (Lipinski definition) is 3. The molecule has 60 heavy (non-hydrogen) atoms. The molecule has 2 aliphatic carbocycles. The van der Waals surface area contributed by atoms with Crippen molar-refractivity contribution >= 4 is 49.8 Å². The second-order valence-corrected chi connectivity index (χ2v) is 19.5. The van der Waals surface area contributed by atoms with Crippen molar-refractivity contribution in [2.24, 2.45) is 11.3 Å². The highest BCUT2D eigenvalue weighted by Gasteiger charge is 2.30. The summed E-state index contributed by atoms with van der Waals surface area (Å²) in [7, 11) is -4.26. The van der Waals surface area contributed by atoms with Crippen LogP contribution in [0.15, 0.2) is 95.7 Å². The number of H-pyrrole nitrogens is 1. The van der Waals surface area contributed by atoms with Crippen molar-refractivity contribution in [3.8, 4) is 17.2 Å². The third-order valence-corrected chi connectivity index (χ3v) is 13.9. The molecule has 3 heterocycles. The number of nitrogens with zero attached hydrogens (tertiary/aromatic N) is 3. The van der Waals surface area contributed by atoms with E-state index in [9.17, 15) is 18.3 Å². The Morgan fingerprint density at radius 3 is 2.48 bits per heavy atom. The first-order valence-electron chi connectivity index (χ1n) is 21.0. The average molecular weight is 852 g/mol. The van der Waals surface area contributed by atoms with Crippen molar-refractivity contribution in [3.63, 3.8) is 0 Å². The monoisotopic (exact) mass is 851 g/mol. The number of sulfonamides is 1. The molecule has 11 nitrogen and oxygen atoms in total. The molecule has 0 spiro atoms. The molecule has 1 saturated heterocycles. The number of aliphatic hydroxyl groups is 1. The summed E-state index contributed by atoms with van der Waals surface area (Å²) in [5, 5.41) is 11.4. The molecule has 3 aromatic carbocycles. The van der Waals surface area contributed by atoms with Crippen LogP contribution in [0.1, 0.15) is 80.3 Å². The maximum atomic E-state index is 13.9. The maximum absolute atomic E-state index is 13.9. The van der Waals surface area contributed by atoms with Crippen LogP contribution in [-0.4, -0.2) is 79.7 Å². The molecule has 0 atom stereocenters. The van der Waals surface area contributed by atoms with E-state index in [-0.39, 0.29) is 27.7 Å². The van der Waals surface area contributed by atoms with Gasteiger partial charge in [-0.3, -0.25) is 9.69 Å². The Balaban J connectivity index is 0.979. The molecule has 3 aliphatic rings. The molecule has 2 fully saturated rings. The van der Waals surface area contributed by atoms with E-state index in [1.54, 1.807) is 31.5 Å². The fourth-order valence-electron chi connectivity index (χ4n) is 8.69. The first kappa shape index (κ1) is 41.8. The van der Waals surface area contributed by atoms with Crippen molar-refractivity contribution in [3.05, 3.63) is 112 Å². The molecule has 13 heteroatoms. The number of nitrogens with one attached hydrogen (secondary N) is 2. The molecule has 0 unspecified atom stereocenters. The molecule has 3 N–H and O–H groups in total. The first-order valence-corrected chi connectivity index (χ1v) is 22.8. The van der Waals surface area contributed by atoms with Crippen molar-refractivity contribution in [2.75, 3.05) is 44.2 Å². The van der Waals surface area contributed by atoms with E-state index in [0.717, 1.165) is 93.8 Å². The lowest BCUT2D eigenvalue weighted by molar-refractivity contribution is 0.0915. The van der Waals surface area contributed by atoms with E-state index in [0.29, 0.717) is 35.2 Å². The Bertz CT molecular complexity index is 2490. The second-order valence-electron chi connectivity index (χ2n) is 17.4. The van der Waals surface area contributed by atoms with Gasteiger partial charge in [0.2, 0.25) is 0 Å². The van der Waals surface area contributed by atoms with Crippen molar-refractivity contribution in [1.82, 2.24) is 19.6 Å². The molecule has 1 amide bonds. The number of allylic oxidation sites excluding steroid dienone is 1. The number of benzene rings is 3. The summed E-state index contributed by atoms with van der Waals surface area (Å²) >= 11 is 6.25. The number of aryl methyl sites for hydroxylation is 1. The zero-order chi connectivity index (χ0) is 42.0. The number of hydrogen-bond acceptors (Lipinski definition) is 9. The number of ether oxygens (including phenoxy) is 2. The Morgan fingerprint density at radius 1 is 0.967 bits per heavy atom. The van der Waals surface area contributed by atoms with Crippen LogP contribution < -0.4 is 19.1 Å². The average Bonchev–Trinajstić information content (AvgIpc) is 3.70. The van der Waals surface area contributed by atoms with Gasteiger partial charge in [-0.2, -0.15) is 0 Å². The van der Waals surface area contributed by atoms with Gasteiger partial charge in [-0.25, -0.2) is 18.1 Å². The summed E-state index contributed by atoms with van der Waals surface area (Å²) in [5.41, 5.74) is 6.72. The zero-order valence-electron chi connectivity index (χ0n) is 34.5. The normalized spacial score (nSPS) is 20.0. The van der Waals surface area contributed by atoms with E-state index in [1.807, 2.05) is 36.4 Å². The van der Waals surface area contributed by atoms with Gasteiger partial charge in [-0.05, 0) is 134 Å². The van der Waals surface area contributed by atoms with E-state index < -0.39 is 15.9 Å². The molecule has 0 radical (unpaired) electrons. The maximum Gasteiger partial charge on any atom is 0.268 e. The number of carbonyl (C=O) groups is 1. The number of fused-ring (bicyclic) bond motifs is 1. The summed E-state index contributed by atoms with van der Waals surface area (Å²) in [6.45, 7) is 11.2. The third kappa shape index (κ3) is 9.84. The minimum Gasteiger partial charge on any atom is -0.493 e. The summed E-state index contributed by atoms with van der Waals surface area (Å²) < 4.78 is 42.0. The number of aromatic amines is 1. The summed E-state index contributed by atoms with van der Waals surface area (Å²) in [4.78, 5) is 26.2. The predicted octanol–water partition coefficient (Wildman–Crippen LogP) is 9.15. The Kier molecular flexibility index (Phi) is 12.3. The summed E-state index contributed by atoms with van der Waals surface area (Å²) in [5.74, 6) is 0.754. The number of pyridine rings is 1. The number of amides is 1. The predicted molar refractivity (Wildman–Crippen MR) is 237 cm³/mol. The molecular formula is C47H54ClN5O6S. The van der Waals surface area contributed by atoms with Crippen LogP contribution in [0.5, 0.6) is 17.2 Å². The number of halogens is 1. The van der Waals surface area contributed by atoms with Gasteiger partial charge in [0.15, 0.2) is 0 Å². The van der Waals surface area contributed by atoms with Gasteiger partial charge in [-0.15, -0.1) is 0 Å². The molecule has 5 aromatic rings. The van der Waals surface area contributed by atoms with Crippen LogP contribution in [0.2, 0.25) is 5.02 Å². The highest BCUT2D eigenvalue weighted by Crippen LogP contribution is 2.43. The van der Waals surface area contributed by atoms with E-state index >= 15 is 0 Å². The quantitative estimate of drug-likeness (QED) is 0.112. The van der Waals surface area contributed by atoms with Crippen molar-refractivity contribution < 1.29 is 27.8 Å². The zero-order valence-corrected chi connectivity index (χ0v) is 36.1. The number of aromatic nitrogens is 2. The van der Waals surface area contributed by atoms with Crippen LogP contribution in [0.25, 0.3) is 16.6 Å². The van der Waals surface area contributed by atoms with Gasteiger partial charge < -0.3 is 24.5 Å². The SMILES string of the molecule is Cc1cc(S(=O)(=O)NC(=O)c2ccc(N3CCN(CC4=C(c5ccc(Cl)cc5)CC(C)(C)CC4)CC3)cc2Oc2cnc3[nH]ccc3c2)ccc1OC[C@H]1CC[C@H](O)CC1. The van der Waals surface area contributed by atoms with E-state index in [1.165, 1.54) is 28.8 Å². The third-order valence-electron chi connectivity index (χ3n) is 12.3. The largest absolute Gasteiger partial charge is 0.493 e. The van der Waals surface area contributed by atoms with Gasteiger partial charge >= 0.3 is 0 Å². The van der Waals surface area contributed by atoms with Crippen molar-refractivity contribution in [1.29, 1.82) is 0 Å². The van der Waals surface area contributed by atoms with Gasteiger partial charge in [0.1, 0.15) is 22.9 Å². The van der Waals surface area contributed by atoms with Crippen LogP contribution in [0.4, 0.5) is 5.69 Å². The van der Waals surface area contributed by atoms with E-state index in [2.05, 4.69) is 50.5 Å². The lowest BCUT2D eigenvalue weighted by Gasteiger charge is -2.39. The number of anilines is 1. The molecule has 1 aliphatic heterocycles. The standard InChI is InChI=1S/C47H54ClN5O6S/c1-31-24-40(13-15-43(31)58-30-32-4-11-38(54)12-5-32)60(56,57)51-46(55)41-14-10-37(26-44(41)59-39-25-34-17-19-49-45(34)50-28-39)53-22-20-52(21-23-53)29-35-16-18-47(2,3)27-42(35)33-6-8-36(48)9-7-33/h6-10,13-15,17,19,24-26,28,32,38,54H,4-5,11-12,16,18,20-23,27,29-30H2,1-3H3,(H,49,50)(H,51,55)/t32-,38-. The summed E-state index contributed by atoms with van der Waals surface area (Å²) in [6.07, 6.45) is 9.70. The van der Waals surface area contributed by atoms with Gasteiger partial charge in [0.05, 0.1) is 29.4 Å². The van der Waals surface area contributed by atoms with Crippen LogP contribution in [0.3, 0.4) is 0 Å². The van der Waals surface area contributed by atoms with Gasteiger partial charge in [0.25, 0.3) is 15.9 Å². The number of aliphatic hydroxyl groups excluding tert-OH is 1. The van der Waals surface area contributed by atoms with Crippen LogP contribution in [-0.2, 0) is 10.0 Å². The van der Waals surface area contributed by atoms with Gasteiger partial charge in [-0.1, -0.05) is 43.2 Å². The number of rotatable bonds is 12. The minimum atomic E-state index is -4.26. The number of carbonyl (C=O) groups excluding carboxylic acids is 1. The van der Waals surface area contributed by atoms with Crippen LogP contribution in [0, 0.1) is 18.3 Å². The topological polar surface area (TPSA) is 137 Å². The lowest BCUT2D eigenvalue weighted by Crippen LogP contribution is -2.47. The molecule has 8 rings (SSSR count). The van der Waals surface area contributed by atoms with Gasteiger partial charge in [0, 0.05) is 61.1 Å². The smallest absolute Gasteiger partial charge is 0.268 e. The Hall–Kier alpha value is -4.88. The Labute approximate surface area is 357 Å². The highest BCUT2D eigenvalue weighted by molar-refractivity contribution is 7.90. The second kappa shape index (κ2) is 17.6. The van der Waals surface area contributed by atoms with Crippen molar-refractivity contribution in [2.45, 2.75) is 76.7 Å².